The van der Waals surface area contributed by atoms with E-state index in [9.17, 15) is 41.7 Å². The van der Waals surface area contributed by atoms with Gasteiger partial charge in [0.1, 0.15) is 0 Å². The Morgan fingerprint density at radius 1 is 0.317 bits per heavy atom. The Kier molecular flexibility index (Phi) is 71.9. The van der Waals surface area contributed by atoms with E-state index in [0.717, 1.165) is 0 Å². The predicted molar refractivity (Wildman–Crippen MR) is 226 cm³/mol. The molecule has 338 valence electrons. The Morgan fingerprint density at radius 2 is 0.367 bits per heavy atom. The number of hydrogen-bond donors (Lipinski definition) is 0. The van der Waals surface area contributed by atoms with Crippen LogP contribution in [-0.2, 0) is 56.0 Å². The number of rotatable bonds is 0. The number of hydrogen-bond acceptors (Lipinski definition) is 12. The number of isothiocyanates is 4. The first-order chi connectivity index (χ1) is 24.1. The number of aryl methyl sites for hydroxylation is 8. The van der Waals surface area contributed by atoms with E-state index in [1.165, 1.54) is 70.2 Å². The summed E-state index contributed by atoms with van der Waals surface area (Å²) in [6.07, 6.45) is 10.0. The van der Waals surface area contributed by atoms with Crippen LogP contribution in [0, 0.1) is 97.0 Å². The molecule has 4 aromatic rings. The summed E-state index contributed by atoms with van der Waals surface area (Å²) < 4.78 is 5.36. The van der Waals surface area contributed by atoms with Gasteiger partial charge in [-0.2, -0.15) is 58.5 Å². The van der Waals surface area contributed by atoms with Crippen LogP contribution >= 0.6 is 48.9 Å². The molecule has 4 rings (SSSR count). The number of aromatic nitrogens is 8. The van der Waals surface area contributed by atoms with Gasteiger partial charge in [0.05, 0.1) is 0 Å². The van der Waals surface area contributed by atoms with Crippen LogP contribution < -0.4 is 37.8 Å². The van der Waals surface area contributed by atoms with Crippen molar-refractivity contribution in [3.63, 3.8) is 0 Å². The molecule has 4 heterocycles. The van der Waals surface area contributed by atoms with Crippen LogP contribution in [0.15, 0.2) is 49.6 Å². The van der Waals surface area contributed by atoms with Crippen molar-refractivity contribution >= 4 is 69.5 Å². The average Bonchev–Trinajstić information content (AvgIpc) is 3.04. The first kappa shape index (κ1) is 86.5. The van der Waals surface area contributed by atoms with Crippen LogP contribution in [0.5, 0.6) is 0 Å². The molecule has 16 N–H and O–H groups in total. The van der Waals surface area contributed by atoms with Crippen molar-refractivity contribution in [2.24, 2.45) is 0 Å². The van der Waals surface area contributed by atoms with E-state index in [2.05, 4.69) is 48.9 Å². The quantitative estimate of drug-likeness (QED) is 0.0402. The van der Waals surface area contributed by atoms with E-state index in [1.54, 1.807) is 55.4 Å². The van der Waals surface area contributed by atoms with Gasteiger partial charge in [0, 0.05) is 55.4 Å². The Labute approximate surface area is 386 Å². The normalized spacial score (nSPS) is 7.07. The molecule has 0 aliphatic carbocycles. The van der Waals surface area contributed by atoms with Crippen molar-refractivity contribution < 1.29 is 105 Å². The maximum Gasteiger partial charge on any atom is 2.00 e. The first-order valence-electron chi connectivity index (χ1n) is 13.3. The fraction of sp³-hybridized carbons (Fsp3) is 0.286. The van der Waals surface area contributed by atoms with Gasteiger partial charge in [-0.15, -0.1) is 0 Å². The van der Waals surface area contributed by atoms with Crippen LogP contribution in [0.3, 0.4) is 0 Å². The molecule has 0 atom stereocenters. The second-order valence-electron chi connectivity index (χ2n) is 9.14. The zero-order valence-electron chi connectivity index (χ0n) is 32.9. The van der Waals surface area contributed by atoms with E-state index < -0.39 is 0 Å². The first-order valence-corrected chi connectivity index (χ1v) is 15.0. The minimum Gasteiger partial charge on any atom is -0.753 e. The largest absolute Gasteiger partial charge is 2.00 e. The van der Waals surface area contributed by atoms with Crippen molar-refractivity contribution in [1.29, 1.82) is 0 Å². The molecule has 26 nitrogen and oxygen atoms in total. The third-order valence-electron chi connectivity index (χ3n) is 5.21. The molecular formula is C28H48Mn2N12O14S4+4. The molecule has 0 saturated heterocycles. The Balaban J connectivity index is -0.0000000451. The minimum absolute atomic E-state index is 0. The summed E-state index contributed by atoms with van der Waals surface area (Å²) in [7, 11) is 0. The van der Waals surface area contributed by atoms with Crippen molar-refractivity contribution in [2.75, 3.05) is 0 Å². The minimum atomic E-state index is 0. The van der Waals surface area contributed by atoms with Crippen LogP contribution in [0.2, 0.25) is 0 Å². The molecule has 0 aromatic carbocycles. The third-order valence-corrected chi connectivity index (χ3v) is 5.21. The van der Waals surface area contributed by atoms with E-state index in [1.807, 2.05) is 0 Å². The molecule has 0 amide bonds. The van der Waals surface area contributed by atoms with Gasteiger partial charge >= 0.3 is 34.1 Å². The maximum atomic E-state index is 10.8. The Hall–Kier alpha value is -5.28. The Morgan fingerprint density at radius 3 is 0.417 bits per heavy atom. The SMILES string of the molecule is Cc1c[n+]([O-])c(C)c[n+]1[O-].Cc1c[n+]([O-])c(C)c[n+]1[O-].Cc1c[n+]([O-])c(C)c[n+]1[O-].Cc1c[n+]([O-])c(C)c[n+]1[O-].O.O.[Mn+2].[Mn+2].[N-]=C=S.[N-]=C=S.[N-]=C=S.[N-]=C=S.[OH3+].[OH3+].[OH3+].[OH3+]. The monoisotopic (exact) mass is 1010 g/mol. The van der Waals surface area contributed by atoms with Crippen LogP contribution in [0.4, 0.5) is 0 Å². The standard InChI is InChI=1S/4C6H8N2O2.4CNS.2Mn.6H2O/c4*1-5-3-8(10)6(2)4-7(5)9;4*2-1-3;;;;;;;;/h4*3-4H,1-2H3;;;;;;;6*1H2/q;;;;4*-1;2*+2;;;;;;/p+4. The third kappa shape index (κ3) is 40.9. The molecule has 0 unspecified atom stereocenters. The van der Waals surface area contributed by atoms with Crippen LogP contribution in [0.1, 0.15) is 45.6 Å². The topological polar surface area (TPSA) is 500 Å². The average molecular weight is 1010 g/mol. The maximum absolute atomic E-state index is 10.8. The van der Waals surface area contributed by atoms with E-state index in [-0.39, 0.29) is 67.0 Å². The van der Waals surface area contributed by atoms with Gasteiger partial charge in [0.15, 0.2) is 0 Å². The van der Waals surface area contributed by atoms with Gasteiger partial charge in [0.25, 0.3) is 45.6 Å². The molecule has 0 saturated carbocycles. The summed E-state index contributed by atoms with van der Waals surface area (Å²) in [6.45, 7) is 12.7. The second-order valence-corrected chi connectivity index (χ2v) is 9.87. The second kappa shape index (κ2) is 49.9. The van der Waals surface area contributed by atoms with Gasteiger partial charge < -0.3 is 96.2 Å². The Bertz CT molecular complexity index is 1430. The molecule has 0 bridgehead atoms. The summed E-state index contributed by atoms with van der Waals surface area (Å²) in [5.74, 6) is 0. The molecule has 32 heteroatoms. The van der Waals surface area contributed by atoms with Crippen LogP contribution in [0.25, 0.3) is 21.6 Å². The smallest absolute Gasteiger partial charge is 0.753 e. The fourth-order valence-corrected chi connectivity index (χ4v) is 2.63. The molecule has 60 heavy (non-hydrogen) atoms. The van der Waals surface area contributed by atoms with Crippen molar-refractivity contribution in [2.45, 2.75) is 55.4 Å². The molecule has 2 radical (unpaired) electrons. The van der Waals surface area contributed by atoms with Crippen molar-refractivity contribution in [1.82, 2.24) is 0 Å². The summed E-state index contributed by atoms with van der Waals surface area (Å²) in [5.41, 5.74) is 3.23. The van der Waals surface area contributed by atoms with E-state index in [0.29, 0.717) is 83.4 Å². The summed E-state index contributed by atoms with van der Waals surface area (Å²) in [4.78, 5) is 0. The summed E-state index contributed by atoms with van der Waals surface area (Å²) in [5, 5.41) is 120. The zero-order valence-corrected chi connectivity index (χ0v) is 38.6. The van der Waals surface area contributed by atoms with Gasteiger partial charge in [0.2, 0.25) is 49.6 Å². The van der Waals surface area contributed by atoms with Gasteiger partial charge in [-0.1, -0.05) is 48.9 Å². The van der Waals surface area contributed by atoms with E-state index >= 15 is 0 Å². The van der Waals surface area contributed by atoms with Gasteiger partial charge in [-0.25, -0.2) is 0 Å². The number of nitrogens with zero attached hydrogens (tertiary/aromatic N) is 12. The van der Waals surface area contributed by atoms with Crippen molar-refractivity contribution in [3.05, 3.63) is 158 Å². The van der Waals surface area contributed by atoms with Crippen LogP contribution in [-0.4, -0.2) is 31.6 Å². The molecule has 0 aliphatic rings. The molecular weight excluding hydrogens is 967 g/mol. The van der Waals surface area contributed by atoms with E-state index in [4.69, 9.17) is 21.6 Å². The van der Waals surface area contributed by atoms with Crippen molar-refractivity contribution in [3.8, 4) is 0 Å². The zero-order chi connectivity index (χ0) is 41.7. The molecule has 0 fully saturated rings. The predicted octanol–water partition coefficient (Wildman–Crippen LogP) is -4.43. The molecule has 0 aliphatic heterocycles. The number of thiocarbonyl (C=S) groups is 4. The van der Waals surface area contributed by atoms with Gasteiger partial charge in [-0.05, 0) is 0 Å². The summed E-state index contributed by atoms with van der Waals surface area (Å²) >= 11 is 14.8. The molecule has 4 aromatic heterocycles. The van der Waals surface area contributed by atoms with Gasteiger partial charge in [-0.3, -0.25) is 0 Å². The summed E-state index contributed by atoms with van der Waals surface area (Å²) in [6, 6.07) is 0. The fourth-order valence-electron chi connectivity index (χ4n) is 2.63. The molecule has 0 spiro atoms.